The van der Waals surface area contributed by atoms with Gasteiger partial charge >= 0.3 is 5.97 Å². The molecule has 4 aliphatic rings. The van der Waals surface area contributed by atoms with E-state index >= 15 is 0 Å². The number of aromatic nitrogens is 1. The first-order valence-electron chi connectivity index (χ1n) is 11.3. The van der Waals surface area contributed by atoms with Gasteiger partial charge in [0.15, 0.2) is 5.11 Å². The minimum Gasteiger partial charge on any atom is -0.466 e. The first-order valence-corrected chi connectivity index (χ1v) is 12.6. The van der Waals surface area contributed by atoms with Crippen molar-refractivity contribution in [3.63, 3.8) is 0 Å². The van der Waals surface area contributed by atoms with Crippen LogP contribution >= 0.6 is 24.0 Å². The van der Waals surface area contributed by atoms with Crippen LogP contribution in [0.15, 0.2) is 33.6 Å². The number of fused-ring (bicyclic) bond motifs is 5. The summed E-state index contributed by atoms with van der Waals surface area (Å²) in [5, 5.41) is 5.45. The molecule has 0 unspecified atom stereocenters. The Labute approximate surface area is 192 Å². The number of piperidine rings is 1. The molecule has 8 heteroatoms. The van der Waals surface area contributed by atoms with Gasteiger partial charge in [0.05, 0.1) is 17.7 Å². The number of nitrogens with zero attached hydrogens (tertiary/aromatic N) is 2. The summed E-state index contributed by atoms with van der Waals surface area (Å²) in [5.74, 6) is 0.737. The number of methoxy groups -OCH3 is 1. The molecule has 1 saturated carbocycles. The quantitative estimate of drug-likeness (QED) is 0.538. The Bertz CT molecular complexity index is 989. The summed E-state index contributed by atoms with van der Waals surface area (Å²) in [4.78, 5) is 27.2. The Kier molecular flexibility index (Phi) is 5.86. The predicted octanol–water partition coefficient (Wildman–Crippen LogP) is 3.22. The van der Waals surface area contributed by atoms with Crippen LogP contribution in [0, 0.1) is 11.8 Å². The zero-order chi connectivity index (χ0) is 21.5. The van der Waals surface area contributed by atoms with Gasteiger partial charge in [0.2, 0.25) is 0 Å². The highest BCUT2D eigenvalue weighted by molar-refractivity contribution is 8.04. The van der Waals surface area contributed by atoms with E-state index in [-0.39, 0.29) is 17.4 Å². The van der Waals surface area contributed by atoms with Crippen molar-refractivity contribution in [1.29, 1.82) is 0 Å². The Balaban J connectivity index is 1.35. The van der Waals surface area contributed by atoms with Gasteiger partial charge < -0.3 is 19.5 Å². The van der Waals surface area contributed by atoms with Crippen LogP contribution in [-0.2, 0) is 16.1 Å². The number of esters is 1. The molecule has 1 aromatic heterocycles. The third-order valence-electron chi connectivity index (χ3n) is 7.23. The van der Waals surface area contributed by atoms with Crippen molar-refractivity contribution >= 4 is 35.1 Å². The number of thiocarbonyl (C=S) groups is 1. The Morgan fingerprint density at radius 2 is 2.03 bits per heavy atom. The van der Waals surface area contributed by atoms with Crippen LogP contribution in [0.5, 0.6) is 0 Å². The van der Waals surface area contributed by atoms with E-state index in [4.69, 9.17) is 17.0 Å². The van der Waals surface area contributed by atoms with Crippen molar-refractivity contribution in [2.24, 2.45) is 11.8 Å². The molecule has 5 rings (SSSR count). The second-order valence-corrected chi connectivity index (χ2v) is 10.8. The summed E-state index contributed by atoms with van der Waals surface area (Å²) in [6.07, 6.45) is 6.89. The molecule has 0 radical (unpaired) electrons. The van der Waals surface area contributed by atoms with E-state index in [1.165, 1.54) is 20.0 Å². The molecule has 4 atom stereocenters. The molecule has 1 aliphatic carbocycles. The molecule has 0 amide bonds. The Morgan fingerprint density at radius 1 is 1.19 bits per heavy atom. The van der Waals surface area contributed by atoms with Crippen molar-refractivity contribution in [2.45, 2.75) is 56.2 Å². The summed E-state index contributed by atoms with van der Waals surface area (Å²) < 4.78 is 7.09. The van der Waals surface area contributed by atoms with Crippen LogP contribution < -0.4 is 10.9 Å². The molecule has 2 fully saturated rings. The van der Waals surface area contributed by atoms with Gasteiger partial charge in [-0.1, -0.05) is 25.3 Å². The molecule has 31 heavy (non-hydrogen) atoms. The zero-order valence-corrected chi connectivity index (χ0v) is 19.5. The van der Waals surface area contributed by atoms with E-state index in [2.05, 4.69) is 16.3 Å². The number of pyridine rings is 1. The van der Waals surface area contributed by atoms with Crippen molar-refractivity contribution in [2.75, 3.05) is 20.2 Å². The third kappa shape index (κ3) is 3.93. The van der Waals surface area contributed by atoms with Crippen LogP contribution in [0.4, 0.5) is 0 Å². The monoisotopic (exact) mass is 459 g/mol. The van der Waals surface area contributed by atoms with Crippen LogP contribution in [0.2, 0.25) is 0 Å². The molecule has 1 saturated heterocycles. The number of nitrogens with one attached hydrogen (secondary N) is 1. The van der Waals surface area contributed by atoms with Crippen molar-refractivity contribution in [3.05, 3.63) is 44.8 Å². The van der Waals surface area contributed by atoms with Gasteiger partial charge in [0.25, 0.3) is 5.56 Å². The molecule has 2 bridgehead atoms. The minimum atomic E-state index is -0.226. The second kappa shape index (κ2) is 8.62. The van der Waals surface area contributed by atoms with E-state index in [0.29, 0.717) is 22.2 Å². The van der Waals surface area contributed by atoms with Gasteiger partial charge in [0.1, 0.15) is 0 Å². The molecule has 3 aliphatic heterocycles. The summed E-state index contributed by atoms with van der Waals surface area (Å²) >= 11 is 7.60. The summed E-state index contributed by atoms with van der Waals surface area (Å²) in [5.41, 5.74) is 1.99. The molecular formula is C23H29N3O3S2. The normalized spacial score (nSPS) is 29.6. The van der Waals surface area contributed by atoms with Crippen LogP contribution in [0.3, 0.4) is 0 Å². The van der Waals surface area contributed by atoms with Gasteiger partial charge in [0, 0.05) is 48.5 Å². The Hall–Kier alpha value is -1.80. The van der Waals surface area contributed by atoms with Gasteiger partial charge in [-0.3, -0.25) is 4.79 Å². The van der Waals surface area contributed by atoms with E-state index < -0.39 is 0 Å². The molecule has 166 valence electrons. The van der Waals surface area contributed by atoms with E-state index in [0.717, 1.165) is 61.6 Å². The molecule has 4 heterocycles. The lowest BCUT2D eigenvalue weighted by Gasteiger charge is -2.43. The molecule has 6 nitrogen and oxygen atoms in total. The smallest absolute Gasteiger partial charge is 0.336 e. The van der Waals surface area contributed by atoms with Gasteiger partial charge in [-0.25, -0.2) is 4.79 Å². The van der Waals surface area contributed by atoms with Crippen LogP contribution in [0.25, 0.3) is 0 Å². The number of rotatable bonds is 2. The number of thioether (sulfide) groups is 1. The van der Waals surface area contributed by atoms with Crippen LogP contribution in [-0.4, -0.2) is 46.0 Å². The number of hydrogen-bond acceptors (Lipinski definition) is 5. The lowest BCUT2D eigenvalue weighted by Crippen LogP contribution is -2.51. The highest BCUT2D eigenvalue weighted by Crippen LogP contribution is 2.47. The fourth-order valence-corrected chi connectivity index (χ4v) is 7.67. The predicted molar refractivity (Wildman–Crippen MR) is 126 cm³/mol. The highest BCUT2D eigenvalue weighted by atomic mass is 32.2. The molecule has 0 spiro atoms. The topological polar surface area (TPSA) is 63.6 Å². The summed E-state index contributed by atoms with van der Waals surface area (Å²) in [6, 6.07) is 5.58. The number of carbonyl (C=O) groups excluding carboxylic acids is 1. The van der Waals surface area contributed by atoms with Gasteiger partial charge in [-0.15, -0.1) is 11.8 Å². The summed E-state index contributed by atoms with van der Waals surface area (Å²) in [6.45, 7) is 2.38. The van der Waals surface area contributed by atoms with Crippen LogP contribution in [0.1, 0.15) is 50.1 Å². The summed E-state index contributed by atoms with van der Waals surface area (Å²) in [7, 11) is 1.46. The maximum absolute atomic E-state index is 12.7. The average molecular weight is 460 g/mol. The van der Waals surface area contributed by atoms with E-state index in [1.807, 2.05) is 10.6 Å². The largest absolute Gasteiger partial charge is 0.466 e. The third-order valence-corrected chi connectivity index (χ3v) is 9.01. The SMILES string of the molecule is COC(=O)C1=C(NC(=S)N2C[C@@H]3C[C@@H](C2)c2cccc(=O)n2C3)S[C@H]2CCCCC[C@H]12. The van der Waals surface area contributed by atoms with E-state index in [9.17, 15) is 9.59 Å². The first kappa shape index (κ1) is 21.1. The second-order valence-electron chi connectivity index (χ2n) is 9.17. The first-order chi connectivity index (χ1) is 15.0. The zero-order valence-electron chi connectivity index (χ0n) is 17.8. The highest BCUT2D eigenvalue weighted by Gasteiger charge is 2.41. The van der Waals surface area contributed by atoms with Gasteiger partial charge in [-0.05, 0) is 43.5 Å². The lowest BCUT2D eigenvalue weighted by atomic mass is 9.83. The van der Waals surface area contributed by atoms with Crippen molar-refractivity contribution in [1.82, 2.24) is 14.8 Å². The molecule has 1 N–H and O–H groups in total. The standard InChI is InChI=1S/C23H29N3O3S2/c1-29-22(28)20-16-6-3-2-4-8-18(16)31-21(20)24-23(30)25-11-14-10-15(13-25)17-7-5-9-19(27)26(17)12-14/h5,7,9,14-16,18H,2-4,6,8,10-13H2,1H3,(H,24,30)/t14-,15-,16-,18-/m0/s1. The number of hydrogen-bond donors (Lipinski definition) is 1. The number of carbonyl (C=O) groups is 1. The van der Waals surface area contributed by atoms with Crippen molar-refractivity contribution < 1.29 is 9.53 Å². The fraction of sp³-hybridized carbons (Fsp3) is 0.609. The van der Waals surface area contributed by atoms with E-state index in [1.54, 1.807) is 17.8 Å². The molecule has 0 aromatic carbocycles. The Morgan fingerprint density at radius 3 is 2.87 bits per heavy atom. The maximum Gasteiger partial charge on any atom is 0.336 e. The van der Waals surface area contributed by atoms with Gasteiger partial charge in [-0.2, -0.15) is 0 Å². The number of ether oxygens (including phenoxy) is 1. The minimum absolute atomic E-state index is 0.0927. The fourth-order valence-electron chi connectivity index (χ4n) is 5.82. The maximum atomic E-state index is 12.7. The lowest BCUT2D eigenvalue weighted by molar-refractivity contribution is -0.136. The molecule has 1 aromatic rings. The molecular weight excluding hydrogens is 430 g/mol. The van der Waals surface area contributed by atoms with Crippen molar-refractivity contribution in [3.8, 4) is 0 Å². The number of likely N-dealkylation sites (tertiary alicyclic amines) is 1. The average Bonchev–Trinajstić information content (AvgIpc) is 2.94.